The number of rotatable bonds is 4. The molecule has 0 amide bonds. The maximum Gasteiger partial charge on any atom is 0.337 e. The van der Waals surface area contributed by atoms with Crippen molar-refractivity contribution in [2.75, 3.05) is 0 Å². The van der Waals surface area contributed by atoms with Crippen LogP contribution in [0.3, 0.4) is 0 Å². The van der Waals surface area contributed by atoms with Gasteiger partial charge in [0.15, 0.2) is 0 Å². The third kappa shape index (κ3) is 3.21. The van der Waals surface area contributed by atoms with Crippen molar-refractivity contribution in [3.63, 3.8) is 0 Å². The van der Waals surface area contributed by atoms with Gasteiger partial charge in [0.05, 0.1) is 15.6 Å². The van der Waals surface area contributed by atoms with Gasteiger partial charge in [-0.15, -0.1) is 11.8 Å². The highest BCUT2D eigenvalue weighted by molar-refractivity contribution is 7.98. The molecule has 18 heavy (non-hydrogen) atoms. The first-order valence-electron chi connectivity index (χ1n) is 5.07. The summed E-state index contributed by atoms with van der Waals surface area (Å²) >= 11 is 7.48. The van der Waals surface area contributed by atoms with E-state index in [9.17, 15) is 4.79 Å². The molecule has 0 spiro atoms. The lowest BCUT2D eigenvalue weighted by molar-refractivity contribution is 0.0696. The molecule has 2 rings (SSSR count). The number of carbonyl (C=O) groups is 1. The summed E-state index contributed by atoms with van der Waals surface area (Å²) in [4.78, 5) is 18.6. The summed E-state index contributed by atoms with van der Waals surface area (Å²) in [6.07, 6.45) is 4.62. The van der Waals surface area contributed by atoms with Gasteiger partial charge in [-0.05, 0) is 23.8 Å². The van der Waals surface area contributed by atoms with Crippen molar-refractivity contribution < 1.29 is 9.90 Å². The fourth-order valence-electron chi connectivity index (χ4n) is 1.26. The summed E-state index contributed by atoms with van der Waals surface area (Å²) in [5, 5.41) is 10.1. The van der Waals surface area contributed by atoms with E-state index in [1.165, 1.54) is 24.0 Å². The second-order valence-electron chi connectivity index (χ2n) is 3.45. The van der Waals surface area contributed by atoms with Crippen molar-refractivity contribution in [2.24, 2.45) is 0 Å². The number of aromatic carboxylic acids is 1. The summed E-state index contributed by atoms with van der Waals surface area (Å²) in [6.45, 7) is 0. The van der Waals surface area contributed by atoms with E-state index in [1.54, 1.807) is 18.5 Å². The Balaban J connectivity index is 2.02. The normalized spacial score (nSPS) is 10.3. The summed E-state index contributed by atoms with van der Waals surface area (Å²) in [5.74, 6) is -0.308. The van der Waals surface area contributed by atoms with Crippen LogP contribution in [0.2, 0.25) is 5.02 Å². The van der Waals surface area contributed by atoms with E-state index in [1.807, 2.05) is 6.07 Å². The largest absolute Gasteiger partial charge is 0.478 e. The number of carboxylic acids is 1. The van der Waals surface area contributed by atoms with Crippen LogP contribution in [0.4, 0.5) is 0 Å². The fraction of sp³-hybridized carbons (Fsp3) is 0.0833. The third-order valence-electron chi connectivity index (χ3n) is 2.22. The Hall–Kier alpha value is -1.59. The SMILES string of the molecule is O=C(O)c1ccc(SCc2ccncc2Cl)nc1. The van der Waals surface area contributed by atoms with Gasteiger partial charge in [0.2, 0.25) is 0 Å². The van der Waals surface area contributed by atoms with Gasteiger partial charge in [-0.25, -0.2) is 9.78 Å². The Kier molecular flexibility index (Phi) is 4.17. The van der Waals surface area contributed by atoms with Crippen molar-refractivity contribution >= 4 is 29.3 Å². The molecule has 0 bridgehead atoms. The molecule has 0 aliphatic heterocycles. The van der Waals surface area contributed by atoms with E-state index in [0.717, 1.165) is 10.6 Å². The zero-order valence-electron chi connectivity index (χ0n) is 9.21. The Morgan fingerprint density at radius 1 is 1.33 bits per heavy atom. The summed E-state index contributed by atoms with van der Waals surface area (Å²) < 4.78 is 0. The molecule has 0 aromatic carbocycles. The van der Waals surface area contributed by atoms with Gasteiger partial charge in [-0.3, -0.25) is 4.98 Å². The molecule has 4 nitrogen and oxygen atoms in total. The lowest BCUT2D eigenvalue weighted by atomic mass is 10.3. The van der Waals surface area contributed by atoms with Gasteiger partial charge in [-0.1, -0.05) is 11.6 Å². The average molecular weight is 281 g/mol. The smallest absolute Gasteiger partial charge is 0.337 e. The van der Waals surface area contributed by atoms with E-state index >= 15 is 0 Å². The van der Waals surface area contributed by atoms with Crippen LogP contribution in [0, 0.1) is 0 Å². The number of hydrogen-bond acceptors (Lipinski definition) is 4. The van der Waals surface area contributed by atoms with Crippen LogP contribution in [0.25, 0.3) is 0 Å². The molecule has 2 aromatic heterocycles. The first-order valence-corrected chi connectivity index (χ1v) is 6.43. The fourth-order valence-corrected chi connectivity index (χ4v) is 2.38. The second kappa shape index (κ2) is 5.84. The molecule has 2 aromatic rings. The van der Waals surface area contributed by atoms with Crippen molar-refractivity contribution in [1.82, 2.24) is 9.97 Å². The number of thioether (sulfide) groups is 1. The minimum absolute atomic E-state index is 0.182. The molecular weight excluding hydrogens is 272 g/mol. The average Bonchev–Trinajstić information content (AvgIpc) is 2.38. The molecule has 0 aliphatic carbocycles. The van der Waals surface area contributed by atoms with Crippen LogP contribution in [0.5, 0.6) is 0 Å². The van der Waals surface area contributed by atoms with Crippen LogP contribution in [0.1, 0.15) is 15.9 Å². The van der Waals surface area contributed by atoms with Crippen LogP contribution >= 0.6 is 23.4 Å². The molecule has 0 saturated heterocycles. The molecule has 0 saturated carbocycles. The van der Waals surface area contributed by atoms with Crippen LogP contribution in [0.15, 0.2) is 41.8 Å². The molecule has 0 radical (unpaired) electrons. The minimum atomic E-state index is -0.976. The summed E-state index contributed by atoms with van der Waals surface area (Å²) in [7, 11) is 0. The lowest BCUT2D eigenvalue weighted by Crippen LogP contribution is -1.96. The van der Waals surface area contributed by atoms with Gasteiger partial charge < -0.3 is 5.11 Å². The first kappa shape index (κ1) is 12.9. The molecular formula is C12H9ClN2O2S. The van der Waals surface area contributed by atoms with Crippen LogP contribution < -0.4 is 0 Å². The Labute approximate surface area is 113 Å². The van der Waals surface area contributed by atoms with E-state index < -0.39 is 5.97 Å². The van der Waals surface area contributed by atoms with E-state index in [2.05, 4.69) is 9.97 Å². The van der Waals surface area contributed by atoms with Gasteiger partial charge in [-0.2, -0.15) is 0 Å². The third-order valence-corrected chi connectivity index (χ3v) is 3.55. The standard InChI is InChI=1S/C12H9ClN2O2S/c13-10-6-14-4-3-9(10)7-18-11-2-1-8(5-15-11)12(16)17/h1-6H,7H2,(H,16,17). The Morgan fingerprint density at radius 2 is 2.17 bits per heavy atom. The Bertz CT molecular complexity index is 560. The molecule has 1 N–H and O–H groups in total. The number of pyridine rings is 2. The van der Waals surface area contributed by atoms with Crippen molar-refractivity contribution in [3.05, 3.63) is 52.9 Å². The maximum absolute atomic E-state index is 10.7. The van der Waals surface area contributed by atoms with Crippen molar-refractivity contribution in [1.29, 1.82) is 0 Å². The minimum Gasteiger partial charge on any atom is -0.478 e. The highest BCUT2D eigenvalue weighted by Crippen LogP contribution is 2.24. The highest BCUT2D eigenvalue weighted by atomic mass is 35.5. The van der Waals surface area contributed by atoms with Crippen molar-refractivity contribution in [2.45, 2.75) is 10.8 Å². The number of halogens is 1. The van der Waals surface area contributed by atoms with E-state index in [-0.39, 0.29) is 5.56 Å². The van der Waals surface area contributed by atoms with Crippen LogP contribution in [-0.2, 0) is 5.75 Å². The number of hydrogen-bond donors (Lipinski definition) is 1. The summed E-state index contributed by atoms with van der Waals surface area (Å²) in [5.41, 5.74) is 1.15. The zero-order chi connectivity index (χ0) is 13.0. The molecule has 6 heteroatoms. The number of carboxylic acid groups (broad SMARTS) is 1. The second-order valence-corrected chi connectivity index (χ2v) is 4.85. The number of nitrogens with zero attached hydrogens (tertiary/aromatic N) is 2. The zero-order valence-corrected chi connectivity index (χ0v) is 10.8. The molecule has 0 unspecified atom stereocenters. The van der Waals surface area contributed by atoms with Gasteiger partial charge in [0, 0.05) is 24.3 Å². The lowest BCUT2D eigenvalue weighted by Gasteiger charge is -2.03. The monoisotopic (exact) mass is 280 g/mol. The molecule has 92 valence electrons. The van der Waals surface area contributed by atoms with Crippen LogP contribution in [-0.4, -0.2) is 21.0 Å². The maximum atomic E-state index is 10.7. The summed E-state index contributed by atoms with van der Waals surface area (Å²) in [6, 6.07) is 5.07. The Morgan fingerprint density at radius 3 is 2.78 bits per heavy atom. The van der Waals surface area contributed by atoms with Gasteiger partial charge in [0.25, 0.3) is 0 Å². The van der Waals surface area contributed by atoms with E-state index in [0.29, 0.717) is 10.8 Å². The molecule has 0 fully saturated rings. The molecule has 0 atom stereocenters. The van der Waals surface area contributed by atoms with E-state index in [4.69, 9.17) is 16.7 Å². The quantitative estimate of drug-likeness (QED) is 0.872. The predicted octanol–water partition coefficient (Wildman–Crippen LogP) is 3.12. The van der Waals surface area contributed by atoms with Crippen molar-refractivity contribution in [3.8, 4) is 0 Å². The molecule has 2 heterocycles. The molecule has 0 aliphatic rings. The van der Waals surface area contributed by atoms with Gasteiger partial charge in [0.1, 0.15) is 0 Å². The predicted molar refractivity (Wildman–Crippen MR) is 70.0 cm³/mol. The first-order chi connectivity index (χ1) is 8.66. The van der Waals surface area contributed by atoms with Gasteiger partial charge >= 0.3 is 5.97 Å². The number of aromatic nitrogens is 2. The topological polar surface area (TPSA) is 63.1 Å². The highest BCUT2D eigenvalue weighted by Gasteiger charge is 2.05.